The second kappa shape index (κ2) is 16.5. The molecule has 0 radical (unpaired) electrons. The Bertz CT molecular complexity index is 2160. The molecule has 0 bridgehead atoms. The Balaban J connectivity index is 1.08. The summed E-state index contributed by atoms with van der Waals surface area (Å²) in [5, 5.41) is 11.7. The molecule has 0 saturated heterocycles. The van der Waals surface area contributed by atoms with Crippen LogP contribution in [-0.2, 0) is 9.59 Å². The number of thiazole rings is 1. The fraction of sp³-hybridized carbons (Fsp3) is 0.0256. The van der Waals surface area contributed by atoms with E-state index in [9.17, 15) is 14.4 Å². The molecule has 7 nitrogen and oxygen atoms in total. The van der Waals surface area contributed by atoms with E-state index in [4.69, 9.17) is 23.2 Å². The number of thioether (sulfide) groups is 1. The number of nitrogens with zero attached hydrogens (tertiary/aromatic N) is 1. The molecule has 0 spiro atoms. The quantitative estimate of drug-likeness (QED) is 0.0909. The predicted octanol–water partition coefficient (Wildman–Crippen LogP) is 9.92. The van der Waals surface area contributed by atoms with Crippen LogP contribution in [0.4, 0.5) is 10.8 Å². The van der Waals surface area contributed by atoms with Gasteiger partial charge >= 0.3 is 0 Å². The lowest BCUT2D eigenvalue weighted by atomic mass is 10.0. The van der Waals surface area contributed by atoms with Gasteiger partial charge < -0.3 is 16.0 Å². The van der Waals surface area contributed by atoms with Gasteiger partial charge in [0, 0.05) is 27.1 Å². The second-order valence-electron chi connectivity index (χ2n) is 10.8. The minimum atomic E-state index is -0.482. The average molecular weight is 736 g/mol. The molecule has 5 aromatic carbocycles. The van der Waals surface area contributed by atoms with Gasteiger partial charge in [-0.2, -0.15) is 0 Å². The van der Waals surface area contributed by atoms with Crippen molar-refractivity contribution >= 4 is 80.9 Å². The molecule has 0 fully saturated rings. The minimum absolute atomic E-state index is 0.0888. The van der Waals surface area contributed by atoms with Crippen LogP contribution in [0.15, 0.2) is 143 Å². The van der Waals surface area contributed by atoms with Crippen LogP contribution >= 0.6 is 46.3 Å². The van der Waals surface area contributed by atoms with Crippen LogP contribution in [0.3, 0.4) is 0 Å². The molecule has 50 heavy (non-hydrogen) atoms. The number of benzene rings is 5. The minimum Gasteiger partial charge on any atom is -0.321 e. The molecule has 248 valence electrons. The normalized spacial score (nSPS) is 11.1. The van der Waals surface area contributed by atoms with E-state index in [1.54, 1.807) is 54.6 Å². The highest BCUT2D eigenvalue weighted by Gasteiger charge is 2.16. The van der Waals surface area contributed by atoms with Gasteiger partial charge in [-0.25, -0.2) is 4.98 Å². The van der Waals surface area contributed by atoms with Crippen LogP contribution in [0.5, 0.6) is 0 Å². The van der Waals surface area contributed by atoms with E-state index >= 15 is 0 Å². The van der Waals surface area contributed by atoms with E-state index in [0.717, 1.165) is 27.1 Å². The third kappa shape index (κ3) is 9.28. The monoisotopic (exact) mass is 734 g/mol. The van der Waals surface area contributed by atoms with Crippen molar-refractivity contribution in [2.75, 3.05) is 16.4 Å². The van der Waals surface area contributed by atoms with E-state index in [0.29, 0.717) is 32.1 Å². The van der Waals surface area contributed by atoms with Crippen LogP contribution in [0, 0.1) is 0 Å². The molecule has 0 aliphatic heterocycles. The van der Waals surface area contributed by atoms with E-state index in [1.807, 2.05) is 84.2 Å². The van der Waals surface area contributed by atoms with Crippen molar-refractivity contribution in [3.05, 3.63) is 160 Å². The number of amides is 3. The fourth-order valence-electron chi connectivity index (χ4n) is 4.77. The molecule has 0 unspecified atom stereocenters. The fourth-order valence-corrected chi connectivity index (χ4v) is 6.50. The van der Waals surface area contributed by atoms with Gasteiger partial charge in [-0.3, -0.25) is 14.4 Å². The first-order valence-electron chi connectivity index (χ1n) is 15.3. The second-order valence-corrected chi connectivity index (χ2v) is 13.6. The highest BCUT2D eigenvalue weighted by molar-refractivity contribution is 8.00. The highest BCUT2D eigenvalue weighted by Crippen LogP contribution is 2.31. The SMILES string of the molecule is O=C(CSc1ccc(NC(=O)/C(=C/c2ccc(-c3ccccc3)cc2)NC(=O)c2ccccc2)cc1)Nc1nc(-c2ccc(Cl)c(Cl)c2)cs1. The summed E-state index contributed by atoms with van der Waals surface area (Å²) in [4.78, 5) is 44.5. The van der Waals surface area contributed by atoms with Gasteiger partial charge in [-0.15, -0.1) is 23.1 Å². The number of nitrogens with one attached hydrogen (secondary N) is 3. The van der Waals surface area contributed by atoms with Crippen molar-refractivity contribution in [1.82, 2.24) is 10.3 Å². The third-order valence-electron chi connectivity index (χ3n) is 7.31. The third-order valence-corrected chi connectivity index (χ3v) is 9.81. The molecule has 1 aromatic heterocycles. The number of hydrogen-bond acceptors (Lipinski definition) is 6. The first-order valence-corrected chi connectivity index (χ1v) is 17.9. The molecule has 1 heterocycles. The summed E-state index contributed by atoms with van der Waals surface area (Å²) in [7, 11) is 0. The average Bonchev–Trinajstić information content (AvgIpc) is 3.61. The first kappa shape index (κ1) is 34.7. The van der Waals surface area contributed by atoms with Gasteiger partial charge in [0.2, 0.25) is 5.91 Å². The van der Waals surface area contributed by atoms with Crippen LogP contribution in [0.25, 0.3) is 28.5 Å². The molecular weight excluding hydrogens is 707 g/mol. The van der Waals surface area contributed by atoms with Crippen LogP contribution < -0.4 is 16.0 Å². The number of hydrogen-bond donors (Lipinski definition) is 3. The molecule has 0 aliphatic rings. The van der Waals surface area contributed by atoms with Crippen LogP contribution in [0.1, 0.15) is 15.9 Å². The number of anilines is 2. The zero-order valence-corrected chi connectivity index (χ0v) is 29.4. The van der Waals surface area contributed by atoms with Crippen molar-refractivity contribution < 1.29 is 14.4 Å². The molecule has 0 aliphatic carbocycles. The van der Waals surface area contributed by atoms with Crippen LogP contribution in [0.2, 0.25) is 10.0 Å². The van der Waals surface area contributed by atoms with Gasteiger partial charge in [0.05, 0.1) is 21.5 Å². The summed E-state index contributed by atoms with van der Waals surface area (Å²) in [6, 6.07) is 38.8. The van der Waals surface area contributed by atoms with E-state index < -0.39 is 11.8 Å². The van der Waals surface area contributed by atoms with E-state index in [-0.39, 0.29) is 17.4 Å². The van der Waals surface area contributed by atoms with Crippen molar-refractivity contribution in [2.45, 2.75) is 4.90 Å². The maximum absolute atomic E-state index is 13.5. The van der Waals surface area contributed by atoms with Crippen molar-refractivity contribution in [2.24, 2.45) is 0 Å². The zero-order chi connectivity index (χ0) is 34.9. The first-order chi connectivity index (χ1) is 24.3. The number of carbonyl (C=O) groups is 3. The molecule has 3 N–H and O–H groups in total. The molecule has 6 aromatic rings. The van der Waals surface area contributed by atoms with Crippen molar-refractivity contribution in [3.63, 3.8) is 0 Å². The van der Waals surface area contributed by atoms with E-state index in [1.165, 1.54) is 23.1 Å². The van der Waals surface area contributed by atoms with Gasteiger partial charge in [-0.1, -0.05) is 102 Å². The predicted molar refractivity (Wildman–Crippen MR) is 206 cm³/mol. The molecule has 11 heteroatoms. The lowest BCUT2D eigenvalue weighted by Gasteiger charge is -2.12. The summed E-state index contributed by atoms with van der Waals surface area (Å²) < 4.78 is 0. The Hall–Kier alpha value is -5.19. The summed E-state index contributed by atoms with van der Waals surface area (Å²) in [5.41, 5.74) is 5.40. The summed E-state index contributed by atoms with van der Waals surface area (Å²) in [6.07, 6.45) is 1.64. The van der Waals surface area contributed by atoms with Gasteiger partial charge in [0.15, 0.2) is 5.13 Å². The maximum Gasteiger partial charge on any atom is 0.272 e. The maximum atomic E-state index is 13.5. The lowest BCUT2D eigenvalue weighted by Crippen LogP contribution is -2.30. The molecule has 3 amide bonds. The number of aromatic nitrogens is 1. The largest absolute Gasteiger partial charge is 0.321 e. The number of carbonyl (C=O) groups excluding carboxylic acids is 3. The number of halogens is 2. The van der Waals surface area contributed by atoms with Crippen molar-refractivity contribution in [3.8, 4) is 22.4 Å². The summed E-state index contributed by atoms with van der Waals surface area (Å²) >= 11 is 14.8. The van der Waals surface area contributed by atoms with Gasteiger partial charge in [0.25, 0.3) is 11.8 Å². The lowest BCUT2D eigenvalue weighted by molar-refractivity contribution is -0.114. The topological polar surface area (TPSA) is 100 Å². The Morgan fingerprint density at radius 1 is 0.720 bits per heavy atom. The zero-order valence-electron chi connectivity index (χ0n) is 26.2. The van der Waals surface area contributed by atoms with Crippen LogP contribution in [-0.4, -0.2) is 28.5 Å². The molecule has 0 atom stereocenters. The molecule has 6 rings (SSSR count). The Morgan fingerprint density at radius 2 is 1.38 bits per heavy atom. The number of rotatable bonds is 11. The standard InChI is InChI=1S/C39H28Cl2N4O3S2/c40-32-20-15-29(22-33(32)41)35-23-50-39(44-35)45-36(46)24-49-31-18-16-30(17-19-31)42-38(48)34(43-37(47)28-9-5-2-6-10-28)21-25-11-13-27(14-12-25)26-7-3-1-4-8-26/h1-23H,24H2,(H,42,48)(H,43,47)(H,44,45,46)/b34-21-. The Labute approximate surface area is 307 Å². The molecular formula is C39H28Cl2N4O3S2. The molecule has 0 saturated carbocycles. The van der Waals surface area contributed by atoms with E-state index in [2.05, 4.69) is 20.9 Å². The summed E-state index contributed by atoms with van der Waals surface area (Å²) in [5.74, 6) is -0.927. The van der Waals surface area contributed by atoms with Crippen molar-refractivity contribution in [1.29, 1.82) is 0 Å². The smallest absolute Gasteiger partial charge is 0.272 e. The van der Waals surface area contributed by atoms with Gasteiger partial charge in [0.1, 0.15) is 5.70 Å². The Morgan fingerprint density at radius 3 is 2.08 bits per heavy atom. The van der Waals surface area contributed by atoms with Gasteiger partial charge in [-0.05, 0) is 71.3 Å². The highest BCUT2D eigenvalue weighted by atomic mass is 35.5. The summed E-state index contributed by atoms with van der Waals surface area (Å²) in [6.45, 7) is 0. The Kier molecular flexibility index (Phi) is 11.4.